The summed E-state index contributed by atoms with van der Waals surface area (Å²) in [7, 11) is 0. The van der Waals surface area contributed by atoms with E-state index in [1.807, 2.05) is 16.8 Å². The fraction of sp³-hybridized carbons (Fsp3) is 0.286. The molecule has 3 aromatic heterocycles. The van der Waals surface area contributed by atoms with Crippen molar-refractivity contribution in [3.8, 4) is 5.82 Å². The Labute approximate surface area is 111 Å². The molecule has 3 heterocycles. The van der Waals surface area contributed by atoms with Crippen LogP contribution in [0.2, 0.25) is 0 Å². The third-order valence-electron chi connectivity index (χ3n) is 3.09. The van der Waals surface area contributed by atoms with Crippen LogP contribution < -0.4 is 0 Å². The van der Waals surface area contributed by atoms with Gasteiger partial charge >= 0.3 is 0 Å². The first-order valence-corrected chi connectivity index (χ1v) is 6.47. The lowest BCUT2D eigenvalue weighted by Crippen LogP contribution is -2.04. The lowest BCUT2D eigenvalue weighted by atomic mass is 10.2. The first kappa shape index (κ1) is 11.8. The van der Waals surface area contributed by atoms with E-state index >= 15 is 0 Å². The maximum atomic E-state index is 4.58. The summed E-state index contributed by atoms with van der Waals surface area (Å²) < 4.78 is 1.90. The van der Waals surface area contributed by atoms with E-state index in [-0.39, 0.29) is 0 Å². The topological polar surface area (TPSA) is 56.5 Å². The molecule has 0 saturated heterocycles. The number of pyridine rings is 1. The van der Waals surface area contributed by atoms with Crippen LogP contribution >= 0.6 is 0 Å². The zero-order valence-corrected chi connectivity index (χ0v) is 11.0. The van der Waals surface area contributed by atoms with Crippen molar-refractivity contribution in [2.24, 2.45) is 0 Å². The minimum Gasteiger partial charge on any atom is -0.251 e. The second kappa shape index (κ2) is 4.76. The fourth-order valence-corrected chi connectivity index (χ4v) is 2.06. The summed E-state index contributed by atoms with van der Waals surface area (Å²) in [5.74, 6) is 0.796. The molecular weight excluding hydrogens is 238 g/mol. The van der Waals surface area contributed by atoms with Gasteiger partial charge in [0.1, 0.15) is 5.52 Å². The highest BCUT2D eigenvalue weighted by molar-refractivity contribution is 5.70. The van der Waals surface area contributed by atoms with E-state index in [4.69, 9.17) is 0 Å². The fourth-order valence-electron chi connectivity index (χ4n) is 2.06. The van der Waals surface area contributed by atoms with Crippen LogP contribution in [0, 0.1) is 0 Å². The molecular formula is C14H15N5. The van der Waals surface area contributed by atoms with Gasteiger partial charge in [0.25, 0.3) is 0 Å². The molecule has 5 heteroatoms. The third-order valence-corrected chi connectivity index (χ3v) is 3.09. The Kier molecular flexibility index (Phi) is 2.95. The summed E-state index contributed by atoms with van der Waals surface area (Å²) in [5, 5.41) is 4.58. The van der Waals surface area contributed by atoms with Gasteiger partial charge in [0.05, 0.1) is 5.69 Å². The molecule has 0 fully saturated rings. The minimum atomic E-state index is 0.649. The molecule has 0 aromatic carbocycles. The van der Waals surface area contributed by atoms with Gasteiger partial charge in [-0.25, -0.2) is 14.6 Å². The molecule has 0 unspecified atom stereocenters. The molecule has 0 saturated carbocycles. The van der Waals surface area contributed by atoms with Gasteiger partial charge in [-0.2, -0.15) is 5.10 Å². The molecule has 0 spiro atoms. The number of aromatic nitrogens is 5. The van der Waals surface area contributed by atoms with Gasteiger partial charge in [0, 0.05) is 18.1 Å². The molecule has 0 aliphatic heterocycles. The van der Waals surface area contributed by atoms with E-state index < -0.39 is 0 Å². The average Bonchev–Trinajstić information content (AvgIpc) is 2.90. The molecule has 0 amide bonds. The Bertz CT molecular complexity index is 717. The summed E-state index contributed by atoms with van der Waals surface area (Å²) in [4.78, 5) is 13.0. The van der Waals surface area contributed by atoms with Crippen molar-refractivity contribution in [3.63, 3.8) is 0 Å². The summed E-state index contributed by atoms with van der Waals surface area (Å²) in [6.07, 6.45) is 5.17. The maximum absolute atomic E-state index is 4.58. The molecule has 5 nitrogen and oxygen atoms in total. The van der Waals surface area contributed by atoms with E-state index in [0.717, 1.165) is 35.6 Å². The summed E-state index contributed by atoms with van der Waals surface area (Å²) in [6, 6.07) is 5.99. The second-order valence-corrected chi connectivity index (χ2v) is 4.31. The van der Waals surface area contributed by atoms with Gasteiger partial charge in [-0.15, -0.1) is 0 Å². The number of nitrogens with zero attached hydrogens (tertiary/aromatic N) is 5. The van der Waals surface area contributed by atoms with E-state index in [2.05, 4.69) is 40.0 Å². The SMILES string of the molecule is CCc1cc(CC)n(-c2ccc3nccnc3n2)n1. The van der Waals surface area contributed by atoms with E-state index in [9.17, 15) is 0 Å². The molecule has 0 aliphatic rings. The normalized spacial score (nSPS) is 11.1. The number of aryl methyl sites for hydroxylation is 2. The summed E-state index contributed by atoms with van der Waals surface area (Å²) >= 11 is 0. The Morgan fingerprint density at radius 3 is 2.68 bits per heavy atom. The van der Waals surface area contributed by atoms with Crippen molar-refractivity contribution in [1.82, 2.24) is 24.7 Å². The van der Waals surface area contributed by atoms with E-state index in [1.54, 1.807) is 12.4 Å². The zero-order valence-electron chi connectivity index (χ0n) is 11.0. The minimum absolute atomic E-state index is 0.649. The molecule has 3 rings (SSSR count). The maximum Gasteiger partial charge on any atom is 0.180 e. The predicted molar refractivity (Wildman–Crippen MR) is 73.2 cm³/mol. The van der Waals surface area contributed by atoms with Crippen molar-refractivity contribution in [2.75, 3.05) is 0 Å². The Hall–Kier alpha value is -2.30. The number of hydrogen-bond acceptors (Lipinski definition) is 4. The lowest BCUT2D eigenvalue weighted by molar-refractivity contribution is 0.774. The van der Waals surface area contributed by atoms with Crippen LogP contribution in [-0.4, -0.2) is 24.7 Å². The Morgan fingerprint density at radius 1 is 1.05 bits per heavy atom. The summed E-state index contributed by atoms with van der Waals surface area (Å²) in [5.41, 5.74) is 3.69. The van der Waals surface area contributed by atoms with Gasteiger partial charge in [0.15, 0.2) is 11.5 Å². The predicted octanol–water partition coefficient (Wildman–Crippen LogP) is 2.34. The average molecular weight is 253 g/mol. The highest BCUT2D eigenvalue weighted by atomic mass is 15.3. The van der Waals surface area contributed by atoms with Crippen molar-refractivity contribution in [3.05, 3.63) is 42.0 Å². The van der Waals surface area contributed by atoms with E-state index in [0.29, 0.717) is 5.65 Å². The number of fused-ring (bicyclic) bond motifs is 1. The third kappa shape index (κ3) is 2.07. The monoisotopic (exact) mass is 253 g/mol. The molecule has 0 bridgehead atoms. The first-order chi connectivity index (χ1) is 9.31. The first-order valence-electron chi connectivity index (χ1n) is 6.47. The van der Waals surface area contributed by atoms with E-state index in [1.165, 1.54) is 0 Å². The van der Waals surface area contributed by atoms with Crippen molar-refractivity contribution >= 4 is 11.2 Å². The van der Waals surface area contributed by atoms with Crippen LogP contribution in [0.3, 0.4) is 0 Å². The zero-order chi connectivity index (χ0) is 13.2. The smallest absolute Gasteiger partial charge is 0.180 e. The second-order valence-electron chi connectivity index (χ2n) is 4.31. The van der Waals surface area contributed by atoms with Gasteiger partial charge in [-0.05, 0) is 31.0 Å². The standard InChI is InChI=1S/C14H15N5/c1-3-10-9-11(4-2)19(18-10)13-6-5-12-14(17-13)16-8-7-15-12/h5-9H,3-4H2,1-2H3. The largest absolute Gasteiger partial charge is 0.251 e. The van der Waals surface area contributed by atoms with Gasteiger partial charge < -0.3 is 0 Å². The van der Waals surface area contributed by atoms with Crippen LogP contribution in [0.1, 0.15) is 25.2 Å². The molecule has 0 atom stereocenters. The van der Waals surface area contributed by atoms with Crippen LogP contribution in [0.4, 0.5) is 0 Å². The van der Waals surface area contributed by atoms with Crippen LogP contribution in [0.25, 0.3) is 17.0 Å². The summed E-state index contributed by atoms with van der Waals surface area (Å²) in [6.45, 7) is 4.22. The van der Waals surface area contributed by atoms with Crippen molar-refractivity contribution < 1.29 is 0 Å². The molecule has 19 heavy (non-hydrogen) atoms. The quantitative estimate of drug-likeness (QED) is 0.719. The molecule has 0 N–H and O–H groups in total. The molecule has 0 aliphatic carbocycles. The van der Waals surface area contributed by atoms with Crippen LogP contribution in [0.5, 0.6) is 0 Å². The van der Waals surface area contributed by atoms with Crippen molar-refractivity contribution in [1.29, 1.82) is 0 Å². The lowest BCUT2D eigenvalue weighted by Gasteiger charge is -2.05. The van der Waals surface area contributed by atoms with Gasteiger partial charge in [-0.1, -0.05) is 13.8 Å². The molecule has 0 radical (unpaired) electrons. The highest BCUT2D eigenvalue weighted by Crippen LogP contribution is 2.14. The number of rotatable bonds is 3. The molecule has 3 aromatic rings. The van der Waals surface area contributed by atoms with Crippen LogP contribution in [0.15, 0.2) is 30.6 Å². The molecule has 96 valence electrons. The Balaban J connectivity index is 2.15. The van der Waals surface area contributed by atoms with Crippen LogP contribution in [-0.2, 0) is 12.8 Å². The number of hydrogen-bond donors (Lipinski definition) is 0. The highest BCUT2D eigenvalue weighted by Gasteiger charge is 2.09. The Morgan fingerprint density at radius 2 is 1.89 bits per heavy atom. The van der Waals surface area contributed by atoms with Gasteiger partial charge in [0.2, 0.25) is 0 Å². The van der Waals surface area contributed by atoms with Crippen molar-refractivity contribution in [2.45, 2.75) is 26.7 Å². The van der Waals surface area contributed by atoms with Gasteiger partial charge in [-0.3, -0.25) is 4.98 Å².